The SMILES string of the molecule is CCN1CCOC(CN(C)C2CCNCC2)C1. The summed E-state index contributed by atoms with van der Waals surface area (Å²) in [6.45, 7) is 9.91. The summed E-state index contributed by atoms with van der Waals surface area (Å²) in [5.74, 6) is 0. The monoisotopic (exact) mass is 241 g/mol. The second-order valence-electron chi connectivity index (χ2n) is 5.31. The Labute approximate surface area is 105 Å². The molecule has 17 heavy (non-hydrogen) atoms. The fourth-order valence-corrected chi connectivity index (χ4v) is 2.90. The summed E-state index contributed by atoms with van der Waals surface area (Å²) in [6.07, 6.45) is 2.96. The molecule has 2 aliphatic rings. The average molecular weight is 241 g/mol. The lowest BCUT2D eigenvalue weighted by Gasteiger charge is -2.37. The lowest BCUT2D eigenvalue weighted by Crippen LogP contribution is -2.50. The lowest BCUT2D eigenvalue weighted by molar-refractivity contribution is -0.0447. The molecule has 0 bridgehead atoms. The standard InChI is InChI=1S/C13H27N3O/c1-3-16-8-9-17-13(11-16)10-15(2)12-4-6-14-7-5-12/h12-14H,3-11H2,1-2H3. The molecule has 2 saturated heterocycles. The maximum atomic E-state index is 5.87. The van der Waals surface area contributed by atoms with E-state index in [0.29, 0.717) is 6.10 Å². The van der Waals surface area contributed by atoms with E-state index in [-0.39, 0.29) is 0 Å². The fraction of sp³-hybridized carbons (Fsp3) is 1.00. The molecule has 0 amide bonds. The van der Waals surface area contributed by atoms with Crippen LogP contribution in [0.2, 0.25) is 0 Å². The van der Waals surface area contributed by atoms with Crippen LogP contribution in [0.15, 0.2) is 0 Å². The van der Waals surface area contributed by atoms with E-state index in [0.717, 1.165) is 38.8 Å². The molecule has 0 aromatic heterocycles. The number of nitrogens with zero attached hydrogens (tertiary/aromatic N) is 2. The highest BCUT2D eigenvalue weighted by atomic mass is 16.5. The quantitative estimate of drug-likeness (QED) is 0.771. The fourth-order valence-electron chi connectivity index (χ4n) is 2.90. The Hall–Kier alpha value is -0.160. The molecule has 1 atom stereocenters. The molecule has 1 N–H and O–H groups in total. The van der Waals surface area contributed by atoms with Gasteiger partial charge in [-0.25, -0.2) is 0 Å². The summed E-state index contributed by atoms with van der Waals surface area (Å²) in [6, 6.07) is 0.747. The number of ether oxygens (including phenoxy) is 1. The second-order valence-corrected chi connectivity index (χ2v) is 5.31. The zero-order valence-electron chi connectivity index (χ0n) is 11.3. The van der Waals surface area contributed by atoms with Gasteiger partial charge in [0, 0.05) is 25.7 Å². The van der Waals surface area contributed by atoms with Crippen molar-refractivity contribution in [1.82, 2.24) is 15.1 Å². The van der Waals surface area contributed by atoms with E-state index in [1.54, 1.807) is 0 Å². The number of morpholine rings is 1. The van der Waals surface area contributed by atoms with E-state index < -0.39 is 0 Å². The topological polar surface area (TPSA) is 27.7 Å². The van der Waals surface area contributed by atoms with E-state index in [2.05, 4.69) is 29.1 Å². The minimum Gasteiger partial charge on any atom is -0.374 e. The van der Waals surface area contributed by atoms with Crippen molar-refractivity contribution in [3.8, 4) is 0 Å². The van der Waals surface area contributed by atoms with Crippen LogP contribution in [0, 0.1) is 0 Å². The van der Waals surface area contributed by atoms with E-state index in [4.69, 9.17) is 4.74 Å². The second kappa shape index (κ2) is 6.69. The van der Waals surface area contributed by atoms with Gasteiger partial charge in [0.05, 0.1) is 12.7 Å². The number of nitrogens with one attached hydrogen (secondary N) is 1. The van der Waals surface area contributed by atoms with Crippen molar-refractivity contribution in [3.63, 3.8) is 0 Å². The van der Waals surface area contributed by atoms with Crippen LogP contribution in [0.5, 0.6) is 0 Å². The number of piperidine rings is 1. The molecular formula is C13H27N3O. The zero-order valence-corrected chi connectivity index (χ0v) is 11.3. The Kier molecular flexibility index (Phi) is 5.22. The molecular weight excluding hydrogens is 214 g/mol. The maximum absolute atomic E-state index is 5.87. The van der Waals surface area contributed by atoms with Crippen LogP contribution in [-0.4, -0.2) is 74.9 Å². The number of hydrogen-bond acceptors (Lipinski definition) is 4. The zero-order chi connectivity index (χ0) is 12.1. The third-order valence-corrected chi connectivity index (χ3v) is 4.09. The first-order chi connectivity index (χ1) is 8.29. The summed E-state index contributed by atoms with van der Waals surface area (Å²) >= 11 is 0. The Balaban J connectivity index is 1.74. The first-order valence-electron chi connectivity index (χ1n) is 7.04. The molecule has 0 aromatic rings. The van der Waals surface area contributed by atoms with Gasteiger partial charge in [0.25, 0.3) is 0 Å². The van der Waals surface area contributed by atoms with E-state index >= 15 is 0 Å². The minimum absolute atomic E-state index is 0.406. The predicted molar refractivity (Wildman–Crippen MR) is 70.4 cm³/mol. The number of rotatable bonds is 4. The van der Waals surface area contributed by atoms with Crippen molar-refractivity contribution in [2.24, 2.45) is 0 Å². The van der Waals surface area contributed by atoms with Crippen molar-refractivity contribution in [2.75, 3.05) is 52.9 Å². The van der Waals surface area contributed by atoms with Gasteiger partial charge in [-0.1, -0.05) is 6.92 Å². The third-order valence-electron chi connectivity index (χ3n) is 4.09. The highest BCUT2D eigenvalue weighted by Gasteiger charge is 2.24. The van der Waals surface area contributed by atoms with Gasteiger partial charge in [-0.3, -0.25) is 4.90 Å². The molecule has 2 aliphatic heterocycles. The van der Waals surface area contributed by atoms with Gasteiger partial charge < -0.3 is 15.0 Å². The molecule has 0 spiro atoms. The first-order valence-corrected chi connectivity index (χ1v) is 7.04. The Morgan fingerprint density at radius 1 is 1.35 bits per heavy atom. The van der Waals surface area contributed by atoms with Crippen molar-refractivity contribution in [1.29, 1.82) is 0 Å². The van der Waals surface area contributed by atoms with Crippen LogP contribution in [-0.2, 0) is 4.74 Å². The molecule has 0 saturated carbocycles. The largest absolute Gasteiger partial charge is 0.374 e. The summed E-state index contributed by atoms with van der Waals surface area (Å²) in [4.78, 5) is 5.00. The summed E-state index contributed by atoms with van der Waals surface area (Å²) < 4.78 is 5.87. The summed E-state index contributed by atoms with van der Waals surface area (Å²) in [7, 11) is 2.25. The molecule has 100 valence electrons. The molecule has 2 rings (SSSR count). The first kappa shape index (κ1) is 13.3. The molecule has 4 nitrogen and oxygen atoms in total. The Morgan fingerprint density at radius 2 is 2.12 bits per heavy atom. The van der Waals surface area contributed by atoms with Crippen LogP contribution in [0.1, 0.15) is 19.8 Å². The summed E-state index contributed by atoms with van der Waals surface area (Å²) in [5.41, 5.74) is 0. The predicted octanol–water partition coefficient (Wildman–Crippen LogP) is 0.391. The smallest absolute Gasteiger partial charge is 0.0829 e. The highest BCUT2D eigenvalue weighted by molar-refractivity contribution is 4.80. The molecule has 0 radical (unpaired) electrons. The normalized spacial score (nSPS) is 28.8. The van der Waals surface area contributed by atoms with Gasteiger partial charge in [-0.05, 0) is 39.5 Å². The van der Waals surface area contributed by atoms with Crippen LogP contribution < -0.4 is 5.32 Å². The molecule has 4 heteroatoms. The van der Waals surface area contributed by atoms with E-state index in [9.17, 15) is 0 Å². The minimum atomic E-state index is 0.406. The number of hydrogen-bond donors (Lipinski definition) is 1. The van der Waals surface area contributed by atoms with Crippen LogP contribution in [0.3, 0.4) is 0 Å². The van der Waals surface area contributed by atoms with Crippen molar-refractivity contribution in [2.45, 2.75) is 31.9 Å². The maximum Gasteiger partial charge on any atom is 0.0829 e. The van der Waals surface area contributed by atoms with E-state index in [1.165, 1.54) is 25.9 Å². The molecule has 2 fully saturated rings. The van der Waals surface area contributed by atoms with Crippen molar-refractivity contribution in [3.05, 3.63) is 0 Å². The van der Waals surface area contributed by atoms with Crippen LogP contribution in [0.25, 0.3) is 0 Å². The van der Waals surface area contributed by atoms with Gasteiger partial charge in [0.2, 0.25) is 0 Å². The Bertz CT molecular complexity index is 219. The van der Waals surface area contributed by atoms with Gasteiger partial charge in [0.15, 0.2) is 0 Å². The van der Waals surface area contributed by atoms with Gasteiger partial charge in [0.1, 0.15) is 0 Å². The van der Waals surface area contributed by atoms with Gasteiger partial charge in [-0.15, -0.1) is 0 Å². The molecule has 0 aliphatic carbocycles. The molecule has 1 unspecified atom stereocenters. The van der Waals surface area contributed by atoms with E-state index in [1.807, 2.05) is 0 Å². The summed E-state index contributed by atoms with van der Waals surface area (Å²) in [5, 5.41) is 3.42. The average Bonchev–Trinajstić information content (AvgIpc) is 2.40. The van der Waals surface area contributed by atoms with Crippen molar-refractivity contribution >= 4 is 0 Å². The molecule has 0 aromatic carbocycles. The van der Waals surface area contributed by atoms with Crippen molar-refractivity contribution < 1.29 is 4.74 Å². The third kappa shape index (κ3) is 3.91. The molecule has 2 heterocycles. The van der Waals surface area contributed by atoms with Crippen LogP contribution >= 0.6 is 0 Å². The van der Waals surface area contributed by atoms with Gasteiger partial charge in [-0.2, -0.15) is 0 Å². The van der Waals surface area contributed by atoms with Crippen LogP contribution in [0.4, 0.5) is 0 Å². The highest BCUT2D eigenvalue weighted by Crippen LogP contribution is 2.13. The Morgan fingerprint density at radius 3 is 2.82 bits per heavy atom. The number of likely N-dealkylation sites (N-methyl/N-ethyl adjacent to an activating group) is 2. The lowest BCUT2D eigenvalue weighted by atomic mass is 10.0. The van der Waals surface area contributed by atoms with Gasteiger partial charge >= 0.3 is 0 Å².